The first-order chi connectivity index (χ1) is 9.67. The van der Waals surface area contributed by atoms with E-state index >= 15 is 0 Å². The minimum absolute atomic E-state index is 0. The Bertz CT molecular complexity index is 288. The summed E-state index contributed by atoms with van der Waals surface area (Å²) in [5, 5.41) is 3.38. The van der Waals surface area contributed by atoms with Crippen LogP contribution >= 0.6 is 24.0 Å². The van der Waals surface area contributed by atoms with Crippen molar-refractivity contribution >= 4 is 29.9 Å². The SMILES string of the molecule is CCNC(=NCCCOC(C)C)N1CCC(COC)C1.I. The van der Waals surface area contributed by atoms with Gasteiger partial charge in [0.2, 0.25) is 0 Å². The van der Waals surface area contributed by atoms with Crippen molar-refractivity contribution in [3.8, 4) is 0 Å². The number of rotatable bonds is 8. The maximum atomic E-state index is 5.54. The number of nitrogens with zero attached hydrogens (tertiary/aromatic N) is 2. The van der Waals surface area contributed by atoms with Crippen molar-refractivity contribution in [2.45, 2.75) is 39.7 Å². The normalized spacial score (nSPS) is 19.0. The van der Waals surface area contributed by atoms with Crippen LogP contribution in [0.1, 0.15) is 33.6 Å². The molecule has 21 heavy (non-hydrogen) atoms. The number of hydrogen-bond acceptors (Lipinski definition) is 3. The van der Waals surface area contributed by atoms with E-state index in [1.165, 1.54) is 6.42 Å². The number of methoxy groups -OCH3 is 1. The van der Waals surface area contributed by atoms with E-state index in [2.05, 4.69) is 31.0 Å². The molecule has 1 heterocycles. The molecule has 1 N–H and O–H groups in total. The molecule has 0 aromatic rings. The minimum atomic E-state index is 0. The van der Waals surface area contributed by atoms with Crippen LogP contribution in [0.15, 0.2) is 4.99 Å². The molecule has 1 atom stereocenters. The molecule has 0 amide bonds. The molecule has 0 saturated carbocycles. The summed E-state index contributed by atoms with van der Waals surface area (Å²) in [5.74, 6) is 1.67. The summed E-state index contributed by atoms with van der Waals surface area (Å²) in [6.45, 7) is 11.7. The zero-order valence-electron chi connectivity index (χ0n) is 13.9. The van der Waals surface area contributed by atoms with Crippen molar-refractivity contribution in [2.24, 2.45) is 10.9 Å². The van der Waals surface area contributed by atoms with Crippen LogP contribution in [0.2, 0.25) is 0 Å². The summed E-state index contributed by atoms with van der Waals surface area (Å²) >= 11 is 0. The summed E-state index contributed by atoms with van der Waals surface area (Å²) in [6.07, 6.45) is 2.47. The first kappa shape index (κ1) is 20.9. The lowest BCUT2D eigenvalue weighted by Gasteiger charge is -2.21. The van der Waals surface area contributed by atoms with Gasteiger partial charge in [-0.05, 0) is 33.6 Å². The number of likely N-dealkylation sites (tertiary alicyclic amines) is 1. The Hall–Kier alpha value is -0.0800. The van der Waals surface area contributed by atoms with Crippen molar-refractivity contribution in [3.63, 3.8) is 0 Å². The molecule has 1 fully saturated rings. The van der Waals surface area contributed by atoms with Gasteiger partial charge in [-0.3, -0.25) is 4.99 Å². The van der Waals surface area contributed by atoms with Gasteiger partial charge in [0.05, 0.1) is 12.7 Å². The highest BCUT2D eigenvalue weighted by molar-refractivity contribution is 14.0. The van der Waals surface area contributed by atoms with Gasteiger partial charge in [0, 0.05) is 45.8 Å². The topological polar surface area (TPSA) is 46.1 Å². The fourth-order valence-corrected chi connectivity index (χ4v) is 2.39. The number of aliphatic imine (C=N–C) groups is 1. The Labute approximate surface area is 146 Å². The molecule has 126 valence electrons. The van der Waals surface area contributed by atoms with E-state index in [1.807, 2.05) is 0 Å². The number of guanidine groups is 1. The van der Waals surface area contributed by atoms with E-state index in [-0.39, 0.29) is 24.0 Å². The van der Waals surface area contributed by atoms with E-state index in [0.717, 1.165) is 51.8 Å². The molecule has 6 heteroatoms. The fraction of sp³-hybridized carbons (Fsp3) is 0.933. The van der Waals surface area contributed by atoms with E-state index in [4.69, 9.17) is 14.5 Å². The Kier molecular flexibility index (Phi) is 12.4. The molecular formula is C15H32IN3O2. The largest absolute Gasteiger partial charge is 0.384 e. The highest BCUT2D eigenvalue weighted by atomic mass is 127. The standard InChI is InChI=1S/C15H31N3O2.HI/c1-5-16-15(17-8-6-10-20-13(2)3)18-9-7-14(11-18)12-19-4;/h13-14H,5-12H2,1-4H3,(H,16,17);1H. The van der Waals surface area contributed by atoms with Crippen LogP contribution < -0.4 is 5.32 Å². The third kappa shape index (κ3) is 8.83. The molecule has 1 aliphatic rings. The quantitative estimate of drug-likeness (QED) is 0.287. The third-order valence-corrected chi connectivity index (χ3v) is 3.34. The molecule has 0 bridgehead atoms. The van der Waals surface area contributed by atoms with E-state index in [9.17, 15) is 0 Å². The maximum Gasteiger partial charge on any atom is 0.193 e. The van der Waals surface area contributed by atoms with Crippen molar-refractivity contribution in [3.05, 3.63) is 0 Å². The summed E-state index contributed by atoms with van der Waals surface area (Å²) < 4.78 is 10.8. The summed E-state index contributed by atoms with van der Waals surface area (Å²) in [4.78, 5) is 7.04. The smallest absolute Gasteiger partial charge is 0.193 e. The van der Waals surface area contributed by atoms with Crippen LogP contribution in [0.3, 0.4) is 0 Å². The van der Waals surface area contributed by atoms with Crippen LogP contribution in [0.4, 0.5) is 0 Å². The Balaban J connectivity index is 0.00000400. The lowest BCUT2D eigenvalue weighted by molar-refractivity contribution is 0.0782. The zero-order valence-corrected chi connectivity index (χ0v) is 16.3. The highest BCUT2D eigenvalue weighted by Gasteiger charge is 2.24. The molecular weight excluding hydrogens is 381 g/mol. The highest BCUT2D eigenvalue weighted by Crippen LogP contribution is 2.16. The Morgan fingerprint density at radius 3 is 2.81 bits per heavy atom. The Morgan fingerprint density at radius 1 is 1.43 bits per heavy atom. The monoisotopic (exact) mass is 413 g/mol. The van der Waals surface area contributed by atoms with Crippen molar-refractivity contribution in [2.75, 3.05) is 46.5 Å². The van der Waals surface area contributed by atoms with Crippen LogP contribution in [-0.2, 0) is 9.47 Å². The molecule has 0 spiro atoms. The lowest BCUT2D eigenvalue weighted by Crippen LogP contribution is -2.40. The van der Waals surface area contributed by atoms with E-state index in [1.54, 1.807) is 7.11 Å². The predicted molar refractivity (Wildman–Crippen MR) is 98.7 cm³/mol. The van der Waals surface area contributed by atoms with Gasteiger partial charge in [-0.15, -0.1) is 24.0 Å². The average molecular weight is 413 g/mol. The number of ether oxygens (including phenoxy) is 2. The first-order valence-corrected chi connectivity index (χ1v) is 7.81. The molecule has 1 rings (SSSR count). The number of halogens is 1. The molecule has 1 aliphatic heterocycles. The number of nitrogens with one attached hydrogen (secondary N) is 1. The van der Waals surface area contributed by atoms with Gasteiger partial charge in [-0.2, -0.15) is 0 Å². The van der Waals surface area contributed by atoms with Gasteiger partial charge in [0.15, 0.2) is 5.96 Å². The second-order valence-electron chi connectivity index (χ2n) is 5.56. The van der Waals surface area contributed by atoms with Gasteiger partial charge in [-0.25, -0.2) is 0 Å². The molecule has 1 saturated heterocycles. The molecule has 0 aromatic carbocycles. The van der Waals surface area contributed by atoms with Crippen molar-refractivity contribution in [1.29, 1.82) is 0 Å². The van der Waals surface area contributed by atoms with Gasteiger partial charge in [0.1, 0.15) is 0 Å². The molecule has 1 unspecified atom stereocenters. The molecule has 0 radical (unpaired) electrons. The molecule has 5 nitrogen and oxygen atoms in total. The van der Waals surface area contributed by atoms with Crippen LogP contribution in [0, 0.1) is 5.92 Å². The summed E-state index contributed by atoms with van der Waals surface area (Å²) in [6, 6.07) is 0. The third-order valence-electron chi connectivity index (χ3n) is 3.34. The second kappa shape index (κ2) is 12.5. The van der Waals surface area contributed by atoms with Crippen LogP contribution in [0.5, 0.6) is 0 Å². The zero-order chi connectivity index (χ0) is 14.8. The lowest BCUT2D eigenvalue weighted by atomic mass is 10.1. The fourth-order valence-electron chi connectivity index (χ4n) is 2.39. The number of hydrogen-bond donors (Lipinski definition) is 1. The first-order valence-electron chi connectivity index (χ1n) is 7.81. The van der Waals surface area contributed by atoms with Crippen molar-refractivity contribution in [1.82, 2.24) is 10.2 Å². The van der Waals surface area contributed by atoms with E-state index in [0.29, 0.717) is 12.0 Å². The second-order valence-corrected chi connectivity index (χ2v) is 5.56. The molecule has 0 aliphatic carbocycles. The Morgan fingerprint density at radius 2 is 2.19 bits per heavy atom. The van der Waals surface area contributed by atoms with Crippen LogP contribution in [0.25, 0.3) is 0 Å². The minimum Gasteiger partial charge on any atom is -0.384 e. The van der Waals surface area contributed by atoms with E-state index < -0.39 is 0 Å². The summed E-state index contributed by atoms with van der Waals surface area (Å²) in [7, 11) is 1.77. The predicted octanol–water partition coefficient (Wildman–Crippen LogP) is 2.35. The summed E-state index contributed by atoms with van der Waals surface area (Å²) in [5.41, 5.74) is 0. The van der Waals surface area contributed by atoms with Gasteiger partial charge >= 0.3 is 0 Å². The van der Waals surface area contributed by atoms with Crippen LogP contribution in [-0.4, -0.2) is 63.5 Å². The molecule has 0 aromatic heterocycles. The van der Waals surface area contributed by atoms with Crippen molar-refractivity contribution < 1.29 is 9.47 Å². The average Bonchev–Trinajstić information content (AvgIpc) is 2.86. The van der Waals surface area contributed by atoms with Gasteiger partial charge in [0.25, 0.3) is 0 Å². The van der Waals surface area contributed by atoms with Gasteiger partial charge in [-0.1, -0.05) is 0 Å². The maximum absolute atomic E-state index is 5.54. The van der Waals surface area contributed by atoms with Gasteiger partial charge < -0.3 is 19.7 Å².